The molecule has 0 unspecified atom stereocenters. The first kappa shape index (κ1) is 16.5. The lowest BCUT2D eigenvalue weighted by molar-refractivity contribution is -0.529. The molecule has 0 aliphatic carbocycles. The lowest BCUT2D eigenvalue weighted by atomic mass is 10.1. The standard InChI is InChI=1S/C20H20N3.ClH/c1-13-17-9-5-7-11-22(17)15(3)19(13)21-20-14(2)18-10-6-8-12-23(18)16(20)4;/h5-12H,1-4H3;1H/q+1;/p-1. The highest BCUT2D eigenvalue weighted by molar-refractivity contribution is 6.24. The summed E-state index contributed by atoms with van der Waals surface area (Å²) in [6, 6.07) is 12.6. The third-order valence-electron chi connectivity index (χ3n) is 4.83. The minimum Gasteiger partial charge on any atom is -1.00 e. The fraction of sp³-hybridized carbons (Fsp3) is 0.200. The van der Waals surface area contributed by atoms with Gasteiger partial charge in [0.1, 0.15) is 5.71 Å². The molecule has 3 aromatic rings. The second kappa shape index (κ2) is 5.91. The minimum absolute atomic E-state index is 0. The molecular weight excluding hydrogens is 318 g/mol. The van der Waals surface area contributed by atoms with Crippen LogP contribution in [0.2, 0.25) is 0 Å². The van der Waals surface area contributed by atoms with Gasteiger partial charge in [0.15, 0.2) is 6.20 Å². The molecule has 0 saturated heterocycles. The SMILES string of the molecule is CC1=c2cccc[n+]2=C(C)C1=Nc1c(C)c2ccccn2c1C.[Cl-]. The van der Waals surface area contributed by atoms with Gasteiger partial charge in [0, 0.05) is 36.5 Å². The molecule has 0 radical (unpaired) electrons. The summed E-state index contributed by atoms with van der Waals surface area (Å²) in [6.45, 7) is 8.59. The predicted molar refractivity (Wildman–Crippen MR) is 93.6 cm³/mol. The molecule has 4 heterocycles. The molecule has 0 amide bonds. The molecule has 1 aliphatic heterocycles. The number of halogens is 1. The van der Waals surface area contributed by atoms with Crippen LogP contribution >= 0.6 is 0 Å². The lowest BCUT2D eigenvalue weighted by Crippen LogP contribution is -3.00. The second-order valence-electron chi connectivity index (χ2n) is 6.14. The number of hydrogen-bond donors (Lipinski definition) is 0. The third kappa shape index (κ3) is 2.20. The van der Waals surface area contributed by atoms with Crippen molar-refractivity contribution in [2.24, 2.45) is 4.99 Å². The van der Waals surface area contributed by atoms with Crippen molar-refractivity contribution in [3.05, 3.63) is 71.1 Å². The molecule has 0 saturated carbocycles. The Morgan fingerprint density at radius 1 is 0.958 bits per heavy atom. The summed E-state index contributed by atoms with van der Waals surface area (Å²) in [6.07, 6.45) is 4.21. The maximum atomic E-state index is 5.07. The van der Waals surface area contributed by atoms with Gasteiger partial charge in [0.25, 0.3) is 0 Å². The fourth-order valence-electron chi connectivity index (χ4n) is 3.54. The predicted octanol–water partition coefficient (Wildman–Crippen LogP) is 0.205. The highest BCUT2D eigenvalue weighted by Crippen LogP contribution is 2.31. The van der Waals surface area contributed by atoms with Gasteiger partial charge in [0.2, 0.25) is 11.1 Å². The number of aromatic nitrogens is 2. The minimum atomic E-state index is 0. The van der Waals surface area contributed by atoms with Crippen molar-refractivity contribution in [2.45, 2.75) is 27.7 Å². The highest BCUT2D eigenvalue weighted by atomic mass is 35.5. The van der Waals surface area contributed by atoms with E-state index in [1.165, 1.54) is 33.4 Å². The van der Waals surface area contributed by atoms with Gasteiger partial charge in [-0.1, -0.05) is 6.07 Å². The number of aliphatic imine (C=N–C) groups is 1. The normalized spacial score (nSPS) is 15.1. The quantitative estimate of drug-likeness (QED) is 0.566. The van der Waals surface area contributed by atoms with Crippen molar-refractivity contribution in [1.82, 2.24) is 4.40 Å². The largest absolute Gasteiger partial charge is 1.00 e. The molecular formula is C20H20ClN3. The molecule has 0 spiro atoms. The molecule has 0 fully saturated rings. The fourth-order valence-corrected chi connectivity index (χ4v) is 3.54. The van der Waals surface area contributed by atoms with Crippen LogP contribution in [0, 0.1) is 19.6 Å². The van der Waals surface area contributed by atoms with E-state index >= 15 is 0 Å². The van der Waals surface area contributed by atoms with Crippen LogP contribution in [0.4, 0.5) is 5.69 Å². The van der Waals surface area contributed by atoms with E-state index in [0.717, 1.165) is 11.4 Å². The van der Waals surface area contributed by atoms with Gasteiger partial charge >= 0.3 is 0 Å². The maximum Gasteiger partial charge on any atom is 0.216 e. The van der Waals surface area contributed by atoms with Crippen LogP contribution in [0.1, 0.15) is 25.1 Å². The van der Waals surface area contributed by atoms with Crippen molar-refractivity contribution in [2.75, 3.05) is 0 Å². The van der Waals surface area contributed by atoms with Crippen molar-refractivity contribution in [3.8, 4) is 0 Å². The van der Waals surface area contributed by atoms with Crippen molar-refractivity contribution in [3.63, 3.8) is 0 Å². The highest BCUT2D eigenvalue weighted by Gasteiger charge is 2.24. The number of pyridine rings is 2. The van der Waals surface area contributed by atoms with Crippen LogP contribution in [-0.4, -0.2) is 10.1 Å². The lowest BCUT2D eigenvalue weighted by Gasteiger charge is -1.99. The van der Waals surface area contributed by atoms with Crippen LogP contribution in [0.3, 0.4) is 0 Å². The molecule has 0 N–H and O–H groups in total. The van der Waals surface area contributed by atoms with E-state index in [4.69, 9.17) is 4.99 Å². The summed E-state index contributed by atoms with van der Waals surface area (Å²) in [5.74, 6) is 0. The van der Waals surface area contributed by atoms with E-state index in [1.807, 2.05) is 0 Å². The molecule has 4 rings (SSSR count). The number of aryl methyl sites for hydroxylation is 2. The van der Waals surface area contributed by atoms with Crippen LogP contribution in [0.25, 0.3) is 11.1 Å². The summed E-state index contributed by atoms with van der Waals surface area (Å²) in [7, 11) is 0. The van der Waals surface area contributed by atoms with Gasteiger partial charge in [-0.05, 0) is 39.0 Å². The Balaban J connectivity index is 0.00000169. The van der Waals surface area contributed by atoms with Crippen LogP contribution < -0.4 is 22.0 Å². The van der Waals surface area contributed by atoms with Gasteiger partial charge in [-0.2, -0.15) is 4.24 Å². The second-order valence-corrected chi connectivity index (χ2v) is 6.14. The monoisotopic (exact) mass is 337 g/mol. The Morgan fingerprint density at radius 3 is 2.42 bits per heavy atom. The van der Waals surface area contributed by atoms with Crippen molar-refractivity contribution in [1.29, 1.82) is 0 Å². The Hall–Kier alpha value is -2.39. The van der Waals surface area contributed by atoms with Gasteiger partial charge in [-0.25, -0.2) is 4.99 Å². The van der Waals surface area contributed by atoms with Crippen LogP contribution in [-0.2, 0) is 0 Å². The summed E-state index contributed by atoms with van der Waals surface area (Å²) in [4.78, 5) is 5.07. The summed E-state index contributed by atoms with van der Waals surface area (Å²) < 4.78 is 4.43. The van der Waals surface area contributed by atoms with Gasteiger partial charge < -0.3 is 16.8 Å². The number of fused-ring (bicyclic) bond motifs is 2. The first-order valence-electron chi connectivity index (χ1n) is 7.94. The Labute approximate surface area is 147 Å². The number of rotatable bonds is 1. The van der Waals surface area contributed by atoms with E-state index in [2.05, 4.69) is 85.1 Å². The first-order valence-corrected chi connectivity index (χ1v) is 7.94. The first-order chi connectivity index (χ1) is 11.1. The molecule has 24 heavy (non-hydrogen) atoms. The Kier molecular flexibility index (Phi) is 4.06. The third-order valence-corrected chi connectivity index (χ3v) is 4.83. The van der Waals surface area contributed by atoms with Crippen molar-refractivity contribution < 1.29 is 16.6 Å². The molecule has 0 atom stereocenters. The van der Waals surface area contributed by atoms with E-state index in [-0.39, 0.29) is 12.4 Å². The van der Waals surface area contributed by atoms with Gasteiger partial charge in [-0.15, -0.1) is 0 Å². The zero-order chi connectivity index (χ0) is 16.1. The van der Waals surface area contributed by atoms with E-state index in [0.29, 0.717) is 0 Å². The number of nitrogens with zero attached hydrogens (tertiary/aromatic N) is 3. The zero-order valence-corrected chi connectivity index (χ0v) is 15.1. The Morgan fingerprint density at radius 2 is 1.71 bits per heavy atom. The zero-order valence-electron chi connectivity index (χ0n) is 14.3. The van der Waals surface area contributed by atoms with E-state index < -0.39 is 0 Å². The molecule has 3 nitrogen and oxygen atoms in total. The molecule has 4 heteroatoms. The van der Waals surface area contributed by atoms with Crippen LogP contribution in [0.5, 0.6) is 0 Å². The summed E-state index contributed by atoms with van der Waals surface area (Å²) in [5, 5.41) is 1.22. The van der Waals surface area contributed by atoms with Crippen molar-refractivity contribution >= 4 is 22.5 Å². The summed E-state index contributed by atoms with van der Waals surface area (Å²) in [5.41, 5.74) is 8.23. The average Bonchev–Trinajstić information content (AvgIpc) is 2.97. The molecule has 0 bridgehead atoms. The van der Waals surface area contributed by atoms with Crippen LogP contribution in [0.15, 0.2) is 53.8 Å². The van der Waals surface area contributed by atoms with E-state index in [1.54, 1.807) is 0 Å². The number of hydrogen-bond acceptors (Lipinski definition) is 1. The average molecular weight is 338 g/mol. The van der Waals surface area contributed by atoms with Gasteiger partial charge in [0.05, 0.1) is 16.8 Å². The topological polar surface area (TPSA) is 22.7 Å². The molecule has 122 valence electrons. The maximum absolute atomic E-state index is 5.07. The molecule has 1 aliphatic rings. The molecule has 3 aromatic heterocycles. The van der Waals surface area contributed by atoms with Gasteiger partial charge in [-0.3, -0.25) is 0 Å². The Bertz CT molecular complexity index is 1020. The van der Waals surface area contributed by atoms with E-state index in [9.17, 15) is 0 Å². The summed E-state index contributed by atoms with van der Waals surface area (Å²) >= 11 is 0. The molecule has 0 aromatic carbocycles. The smallest absolute Gasteiger partial charge is 0.216 e.